The summed E-state index contributed by atoms with van der Waals surface area (Å²) < 4.78 is 14.8. The third-order valence-corrected chi connectivity index (χ3v) is 5.44. The maximum atomic E-state index is 10.5. The Labute approximate surface area is 184 Å². The first-order chi connectivity index (χ1) is 15.4. The van der Waals surface area contributed by atoms with Gasteiger partial charge in [-0.05, 0) is 26.0 Å². The van der Waals surface area contributed by atoms with Gasteiger partial charge in [-0.15, -0.1) is 0 Å². The maximum absolute atomic E-state index is 10.5. The number of pyridine rings is 1. The van der Waals surface area contributed by atoms with E-state index in [0.29, 0.717) is 36.2 Å². The van der Waals surface area contributed by atoms with Crippen molar-refractivity contribution >= 4 is 17.2 Å². The molecule has 4 aromatic heterocycles. The molecule has 5 rings (SSSR count). The zero-order valence-electron chi connectivity index (χ0n) is 18.2. The number of aliphatic hydroxyl groups is 1. The summed E-state index contributed by atoms with van der Waals surface area (Å²) in [6.45, 7) is 4.78. The zero-order chi connectivity index (χ0) is 22.3. The third kappa shape index (κ3) is 4.02. The van der Waals surface area contributed by atoms with Crippen molar-refractivity contribution in [2.75, 3.05) is 25.1 Å². The predicted octanol–water partition coefficient (Wildman–Crippen LogP) is 2.42. The van der Waals surface area contributed by atoms with E-state index in [-0.39, 0.29) is 13.2 Å². The predicted molar refractivity (Wildman–Crippen MR) is 118 cm³/mol. The summed E-state index contributed by atoms with van der Waals surface area (Å²) in [6, 6.07) is 7.81. The highest BCUT2D eigenvalue weighted by Gasteiger charge is 2.33. The highest BCUT2D eigenvalue weighted by molar-refractivity contribution is 5.72. The van der Waals surface area contributed by atoms with E-state index in [1.165, 1.54) is 0 Å². The van der Waals surface area contributed by atoms with Gasteiger partial charge in [0, 0.05) is 49.7 Å². The molecule has 10 heteroatoms. The maximum Gasteiger partial charge on any atom is 0.165 e. The molecule has 4 aromatic rings. The van der Waals surface area contributed by atoms with Gasteiger partial charge in [0.15, 0.2) is 11.6 Å². The van der Waals surface area contributed by atoms with Gasteiger partial charge in [0.1, 0.15) is 29.5 Å². The van der Waals surface area contributed by atoms with Crippen molar-refractivity contribution in [2.45, 2.75) is 25.9 Å². The van der Waals surface area contributed by atoms with Crippen LogP contribution in [0.4, 0.5) is 11.6 Å². The lowest BCUT2D eigenvalue weighted by Gasteiger charge is -2.20. The quantitative estimate of drug-likeness (QED) is 0.475. The van der Waals surface area contributed by atoms with Crippen molar-refractivity contribution < 1.29 is 14.6 Å². The van der Waals surface area contributed by atoms with Crippen LogP contribution in [0.25, 0.3) is 16.8 Å². The highest BCUT2D eigenvalue weighted by Crippen LogP contribution is 2.32. The van der Waals surface area contributed by atoms with Gasteiger partial charge >= 0.3 is 0 Å². The summed E-state index contributed by atoms with van der Waals surface area (Å²) in [4.78, 5) is 8.71. The van der Waals surface area contributed by atoms with Crippen molar-refractivity contribution in [2.24, 2.45) is 7.05 Å². The molecule has 0 amide bonds. The van der Waals surface area contributed by atoms with Crippen LogP contribution in [0, 0.1) is 13.8 Å². The molecule has 32 heavy (non-hydrogen) atoms. The Balaban J connectivity index is 1.41. The van der Waals surface area contributed by atoms with Crippen molar-refractivity contribution in [3.63, 3.8) is 0 Å². The number of aryl methyl sites for hydroxylation is 3. The van der Waals surface area contributed by atoms with Crippen LogP contribution in [-0.4, -0.2) is 59.9 Å². The van der Waals surface area contributed by atoms with Gasteiger partial charge in [-0.3, -0.25) is 4.68 Å². The molecule has 0 spiro atoms. The second-order valence-electron chi connectivity index (χ2n) is 8.18. The number of hydrogen-bond donors (Lipinski definition) is 2. The Morgan fingerprint density at radius 1 is 1.22 bits per heavy atom. The summed E-state index contributed by atoms with van der Waals surface area (Å²) in [5, 5.41) is 22.7. The van der Waals surface area contributed by atoms with E-state index >= 15 is 0 Å². The van der Waals surface area contributed by atoms with Crippen LogP contribution in [0.2, 0.25) is 0 Å². The number of rotatable bonds is 6. The molecule has 0 aromatic carbocycles. The first kappa shape index (κ1) is 20.4. The highest BCUT2D eigenvalue weighted by atomic mass is 16.5. The molecule has 166 valence electrons. The van der Waals surface area contributed by atoms with Crippen LogP contribution < -0.4 is 10.1 Å². The van der Waals surface area contributed by atoms with Gasteiger partial charge < -0.3 is 19.9 Å². The van der Waals surface area contributed by atoms with Gasteiger partial charge in [0.05, 0.1) is 18.3 Å². The number of nitrogens with zero attached hydrogens (tertiary/aromatic N) is 6. The normalized spacial score (nSPS) is 18.4. The second-order valence-corrected chi connectivity index (χ2v) is 8.18. The van der Waals surface area contributed by atoms with E-state index in [4.69, 9.17) is 9.47 Å². The summed E-state index contributed by atoms with van der Waals surface area (Å²) >= 11 is 0. The summed E-state index contributed by atoms with van der Waals surface area (Å²) in [5.41, 5.74) is 2.60. The van der Waals surface area contributed by atoms with Crippen molar-refractivity contribution in [1.82, 2.24) is 29.4 Å². The van der Waals surface area contributed by atoms with E-state index in [9.17, 15) is 5.11 Å². The average Bonchev–Trinajstić information content (AvgIpc) is 3.43. The van der Waals surface area contributed by atoms with Crippen LogP contribution in [0.15, 0.2) is 36.7 Å². The molecular weight excluding hydrogens is 410 g/mol. The second kappa shape index (κ2) is 7.88. The molecule has 10 nitrogen and oxygen atoms in total. The Hall–Kier alpha value is -3.50. The smallest absolute Gasteiger partial charge is 0.165 e. The van der Waals surface area contributed by atoms with Crippen LogP contribution in [0.5, 0.6) is 5.75 Å². The van der Waals surface area contributed by atoms with Crippen LogP contribution in [0.1, 0.15) is 17.9 Å². The fraction of sp³-hybridized carbons (Fsp3) is 0.364. The Morgan fingerprint density at radius 3 is 2.88 bits per heavy atom. The topological polar surface area (TPSA) is 112 Å². The Morgan fingerprint density at radius 2 is 2.09 bits per heavy atom. The van der Waals surface area contributed by atoms with Gasteiger partial charge in [-0.1, -0.05) is 0 Å². The average molecular weight is 435 g/mol. The van der Waals surface area contributed by atoms with Crippen LogP contribution >= 0.6 is 0 Å². The Bertz CT molecular complexity index is 1250. The van der Waals surface area contributed by atoms with Gasteiger partial charge in [0.2, 0.25) is 0 Å². The summed E-state index contributed by atoms with van der Waals surface area (Å²) in [7, 11) is 1.86. The first-order valence-corrected chi connectivity index (χ1v) is 10.4. The van der Waals surface area contributed by atoms with E-state index in [2.05, 4.69) is 25.5 Å². The number of nitrogens with one attached hydrogen (secondary N) is 1. The molecular formula is C22H25N7O3. The summed E-state index contributed by atoms with van der Waals surface area (Å²) in [6.07, 6.45) is 4.12. The van der Waals surface area contributed by atoms with Crippen molar-refractivity contribution in [3.05, 3.63) is 48.2 Å². The molecule has 1 saturated heterocycles. The molecule has 0 saturated carbocycles. The van der Waals surface area contributed by atoms with E-state index < -0.39 is 5.60 Å². The van der Waals surface area contributed by atoms with Crippen LogP contribution in [0.3, 0.4) is 0 Å². The molecule has 0 radical (unpaired) electrons. The van der Waals surface area contributed by atoms with Crippen LogP contribution in [-0.2, 0) is 11.8 Å². The molecule has 5 heterocycles. The minimum absolute atomic E-state index is 0.159. The fourth-order valence-corrected chi connectivity index (χ4v) is 3.89. The molecule has 0 unspecified atom stereocenters. The van der Waals surface area contributed by atoms with E-state index in [1.807, 2.05) is 51.4 Å². The lowest BCUT2D eigenvalue weighted by molar-refractivity contribution is -0.0116. The molecule has 2 N–H and O–H groups in total. The molecule has 1 aliphatic rings. The monoisotopic (exact) mass is 435 g/mol. The van der Waals surface area contributed by atoms with Crippen molar-refractivity contribution in [1.29, 1.82) is 0 Å². The lowest BCUT2D eigenvalue weighted by atomic mass is 10.1. The molecule has 0 bridgehead atoms. The Kier molecular flexibility index (Phi) is 5.03. The minimum Gasteiger partial charge on any atom is -0.487 e. The fourth-order valence-electron chi connectivity index (χ4n) is 3.89. The largest absolute Gasteiger partial charge is 0.487 e. The molecule has 1 atom stereocenters. The summed E-state index contributed by atoms with van der Waals surface area (Å²) in [5.74, 6) is 2.71. The number of aromatic nitrogens is 6. The standard InChI is InChI=1S/C22H25N7O3/c1-14-8-19(25-15(2)24-14)26-20-10-17-9-16(4-6-29(17)27-20)21-18(11-23-28(21)3)32-13-22(30)5-7-31-12-22/h4,6,8-11,30H,5,7,12-13H2,1-3H3,(H,24,25,26,27)/t22-/m0/s1. The lowest BCUT2D eigenvalue weighted by Crippen LogP contribution is -2.36. The number of hydrogen-bond acceptors (Lipinski definition) is 8. The van der Waals surface area contributed by atoms with E-state index in [0.717, 1.165) is 22.5 Å². The van der Waals surface area contributed by atoms with E-state index in [1.54, 1.807) is 15.4 Å². The SMILES string of the molecule is Cc1cc(Nc2cc3cc(-c4c(OC[C@]5(O)CCOC5)cnn4C)ccn3n2)nc(C)n1. The molecule has 0 aliphatic carbocycles. The van der Waals surface area contributed by atoms with Gasteiger partial charge in [-0.2, -0.15) is 10.2 Å². The number of ether oxygens (including phenoxy) is 2. The molecule has 1 aliphatic heterocycles. The number of fused-ring (bicyclic) bond motifs is 1. The van der Waals surface area contributed by atoms with Gasteiger partial charge in [0.25, 0.3) is 0 Å². The minimum atomic E-state index is -0.958. The zero-order valence-corrected chi connectivity index (χ0v) is 18.2. The van der Waals surface area contributed by atoms with Gasteiger partial charge in [-0.25, -0.2) is 14.5 Å². The third-order valence-electron chi connectivity index (χ3n) is 5.44. The molecule has 1 fully saturated rings. The first-order valence-electron chi connectivity index (χ1n) is 10.4. The van der Waals surface area contributed by atoms with Crippen molar-refractivity contribution in [3.8, 4) is 17.0 Å². The number of anilines is 2.